The molecule has 0 aliphatic rings. The Hall–Kier alpha value is 0.270. The van der Waals surface area contributed by atoms with E-state index in [-0.39, 0.29) is 0 Å². The summed E-state index contributed by atoms with van der Waals surface area (Å²) in [6, 6.07) is 1.11. The van der Waals surface area contributed by atoms with E-state index in [2.05, 4.69) is 25.4 Å². The number of hydrogen-bond acceptors (Lipinski definition) is 3. The number of unbranched alkanes of at least 4 members (excludes halogenated alkanes) is 1. The molecule has 86 valence electrons. The molecule has 0 radical (unpaired) electrons. The lowest BCUT2D eigenvalue weighted by Crippen LogP contribution is -2.40. The fraction of sp³-hybridized carbons (Fsp3) is 1.00. The molecular weight excluding hydrogens is 194 g/mol. The highest BCUT2D eigenvalue weighted by Gasteiger charge is 2.10. The molecule has 0 heterocycles. The molecule has 14 heavy (non-hydrogen) atoms. The average Bonchev–Trinajstić information content (AvgIpc) is 2.15. The average molecular weight is 219 g/mol. The predicted octanol–water partition coefficient (Wildman–Crippen LogP) is 2.53. The van der Waals surface area contributed by atoms with E-state index in [1.165, 1.54) is 25.0 Å². The van der Waals surface area contributed by atoms with E-state index in [9.17, 15) is 0 Å². The minimum atomic E-state index is 0.530. The van der Waals surface area contributed by atoms with Gasteiger partial charge in [-0.2, -0.15) is 11.8 Å². The molecule has 0 saturated carbocycles. The summed E-state index contributed by atoms with van der Waals surface area (Å²) in [5, 5.41) is 3.61. The Labute approximate surface area is 93.2 Å². The molecule has 0 aromatic heterocycles. The van der Waals surface area contributed by atoms with Crippen molar-refractivity contribution in [3.63, 3.8) is 0 Å². The summed E-state index contributed by atoms with van der Waals surface area (Å²) in [7, 11) is 1.78. The van der Waals surface area contributed by atoms with Gasteiger partial charge in [-0.25, -0.2) is 0 Å². The molecule has 1 N–H and O–H groups in total. The molecule has 0 amide bonds. The fourth-order valence-corrected chi connectivity index (χ4v) is 2.16. The molecule has 2 unspecified atom stereocenters. The van der Waals surface area contributed by atoms with E-state index in [1.54, 1.807) is 7.11 Å². The zero-order chi connectivity index (χ0) is 10.8. The van der Waals surface area contributed by atoms with Crippen LogP contribution in [-0.2, 0) is 4.74 Å². The predicted molar refractivity (Wildman–Crippen MR) is 66.2 cm³/mol. The van der Waals surface area contributed by atoms with Crippen molar-refractivity contribution >= 4 is 11.8 Å². The first kappa shape index (κ1) is 14.3. The first-order valence-corrected chi connectivity index (χ1v) is 6.87. The van der Waals surface area contributed by atoms with Crippen LogP contribution in [0.3, 0.4) is 0 Å². The van der Waals surface area contributed by atoms with Crippen molar-refractivity contribution in [1.29, 1.82) is 0 Å². The second-order valence-electron chi connectivity index (χ2n) is 3.82. The summed E-state index contributed by atoms with van der Waals surface area (Å²) in [5.41, 5.74) is 0. The minimum absolute atomic E-state index is 0.530. The highest BCUT2D eigenvalue weighted by Crippen LogP contribution is 2.04. The van der Waals surface area contributed by atoms with Crippen LogP contribution >= 0.6 is 11.8 Å². The number of methoxy groups -OCH3 is 1. The zero-order valence-electron chi connectivity index (χ0n) is 10.0. The maximum Gasteiger partial charge on any atom is 0.0615 e. The first-order chi connectivity index (χ1) is 6.74. The van der Waals surface area contributed by atoms with Gasteiger partial charge in [0.05, 0.1) is 6.61 Å². The van der Waals surface area contributed by atoms with Gasteiger partial charge in [0, 0.05) is 24.9 Å². The van der Waals surface area contributed by atoms with Gasteiger partial charge in [0.15, 0.2) is 0 Å². The molecule has 0 aliphatic heterocycles. The van der Waals surface area contributed by atoms with Crippen LogP contribution in [0, 0.1) is 0 Å². The molecular formula is C11H25NOS. The summed E-state index contributed by atoms with van der Waals surface area (Å²) < 4.78 is 5.21. The van der Waals surface area contributed by atoms with Gasteiger partial charge in [-0.1, -0.05) is 19.8 Å². The van der Waals surface area contributed by atoms with Crippen LogP contribution in [0.4, 0.5) is 0 Å². The molecule has 0 rings (SSSR count). The summed E-state index contributed by atoms with van der Waals surface area (Å²) in [5.74, 6) is 1.17. The fourth-order valence-electron chi connectivity index (χ4n) is 1.57. The van der Waals surface area contributed by atoms with Gasteiger partial charge in [0.1, 0.15) is 0 Å². The third-order valence-corrected chi connectivity index (χ3v) is 3.04. The molecule has 0 spiro atoms. The van der Waals surface area contributed by atoms with E-state index in [4.69, 9.17) is 4.74 Å². The number of ether oxygens (including phenoxy) is 1. The molecule has 0 bridgehead atoms. The van der Waals surface area contributed by atoms with Crippen molar-refractivity contribution in [2.45, 2.75) is 45.2 Å². The summed E-state index contributed by atoms with van der Waals surface area (Å²) in [6.45, 7) is 5.30. The number of thioether (sulfide) groups is 1. The highest BCUT2D eigenvalue weighted by atomic mass is 32.2. The molecule has 0 fully saturated rings. The van der Waals surface area contributed by atoms with Gasteiger partial charge in [0.25, 0.3) is 0 Å². The van der Waals surface area contributed by atoms with E-state index in [0.717, 1.165) is 6.61 Å². The van der Waals surface area contributed by atoms with Crippen LogP contribution in [0.25, 0.3) is 0 Å². The minimum Gasteiger partial charge on any atom is -0.383 e. The Kier molecular flexibility index (Phi) is 10.0. The van der Waals surface area contributed by atoms with Crippen LogP contribution in [-0.4, -0.2) is 37.8 Å². The van der Waals surface area contributed by atoms with Crippen LogP contribution in [0.15, 0.2) is 0 Å². The standard InChI is InChI=1S/C11H25NOS/c1-5-6-7-11(8-13-3)12-10(2)9-14-4/h10-12H,5-9H2,1-4H3. The largest absolute Gasteiger partial charge is 0.383 e. The van der Waals surface area contributed by atoms with Crippen molar-refractivity contribution in [3.8, 4) is 0 Å². The second kappa shape index (κ2) is 9.81. The second-order valence-corrected chi connectivity index (χ2v) is 4.73. The van der Waals surface area contributed by atoms with Gasteiger partial charge in [-0.15, -0.1) is 0 Å². The van der Waals surface area contributed by atoms with Crippen LogP contribution in [0.5, 0.6) is 0 Å². The molecule has 3 heteroatoms. The lowest BCUT2D eigenvalue weighted by molar-refractivity contribution is 0.157. The van der Waals surface area contributed by atoms with Gasteiger partial charge < -0.3 is 10.1 Å². The molecule has 2 atom stereocenters. The number of rotatable bonds is 9. The molecule has 0 aromatic carbocycles. The molecule has 0 saturated heterocycles. The molecule has 0 aromatic rings. The van der Waals surface area contributed by atoms with E-state index in [1.807, 2.05) is 11.8 Å². The molecule has 0 aliphatic carbocycles. The highest BCUT2D eigenvalue weighted by molar-refractivity contribution is 7.98. The van der Waals surface area contributed by atoms with Crippen molar-refractivity contribution in [2.75, 3.05) is 25.7 Å². The zero-order valence-corrected chi connectivity index (χ0v) is 10.8. The summed E-state index contributed by atoms with van der Waals surface area (Å²) in [4.78, 5) is 0. The van der Waals surface area contributed by atoms with Gasteiger partial charge in [-0.05, 0) is 19.6 Å². The van der Waals surface area contributed by atoms with Gasteiger partial charge >= 0.3 is 0 Å². The van der Waals surface area contributed by atoms with Gasteiger partial charge in [0.2, 0.25) is 0 Å². The Morgan fingerprint density at radius 3 is 2.64 bits per heavy atom. The van der Waals surface area contributed by atoms with E-state index < -0.39 is 0 Å². The van der Waals surface area contributed by atoms with E-state index >= 15 is 0 Å². The van der Waals surface area contributed by atoms with E-state index in [0.29, 0.717) is 12.1 Å². The topological polar surface area (TPSA) is 21.3 Å². The number of nitrogens with one attached hydrogen (secondary N) is 1. The van der Waals surface area contributed by atoms with Crippen LogP contribution in [0.1, 0.15) is 33.1 Å². The quantitative estimate of drug-likeness (QED) is 0.644. The Morgan fingerprint density at radius 1 is 1.43 bits per heavy atom. The lowest BCUT2D eigenvalue weighted by Gasteiger charge is -2.22. The van der Waals surface area contributed by atoms with Crippen molar-refractivity contribution in [3.05, 3.63) is 0 Å². The smallest absolute Gasteiger partial charge is 0.0615 e. The third kappa shape index (κ3) is 7.65. The SMILES string of the molecule is CCCCC(COC)NC(C)CSC. The van der Waals surface area contributed by atoms with Gasteiger partial charge in [-0.3, -0.25) is 0 Å². The normalized spacial score (nSPS) is 15.4. The van der Waals surface area contributed by atoms with Crippen molar-refractivity contribution < 1.29 is 4.74 Å². The Morgan fingerprint density at radius 2 is 2.14 bits per heavy atom. The summed E-state index contributed by atoms with van der Waals surface area (Å²) >= 11 is 1.89. The first-order valence-electron chi connectivity index (χ1n) is 5.48. The van der Waals surface area contributed by atoms with Crippen LogP contribution in [0.2, 0.25) is 0 Å². The van der Waals surface area contributed by atoms with Crippen molar-refractivity contribution in [2.24, 2.45) is 0 Å². The lowest BCUT2D eigenvalue weighted by atomic mass is 10.1. The summed E-state index contributed by atoms with van der Waals surface area (Å²) in [6.07, 6.45) is 5.92. The van der Waals surface area contributed by atoms with Crippen molar-refractivity contribution in [1.82, 2.24) is 5.32 Å². The van der Waals surface area contributed by atoms with Crippen LogP contribution < -0.4 is 5.32 Å². The third-order valence-electron chi connectivity index (χ3n) is 2.21. The monoisotopic (exact) mass is 219 g/mol. The maximum absolute atomic E-state index is 5.21. The number of hydrogen-bond donors (Lipinski definition) is 1. The Balaban J connectivity index is 3.69. The Bertz CT molecular complexity index is 122. The maximum atomic E-state index is 5.21. The molecule has 2 nitrogen and oxygen atoms in total.